The van der Waals surface area contributed by atoms with Crippen molar-refractivity contribution in [2.45, 2.75) is 75.7 Å². The van der Waals surface area contributed by atoms with Crippen LogP contribution in [-0.2, 0) is 0 Å². The van der Waals surface area contributed by atoms with Gasteiger partial charge in [-0.2, -0.15) is 0 Å². The summed E-state index contributed by atoms with van der Waals surface area (Å²) in [7, 11) is 3.75. The summed E-state index contributed by atoms with van der Waals surface area (Å²) >= 11 is 0. The van der Waals surface area contributed by atoms with Gasteiger partial charge in [0.15, 0.2) is 0 Å². The summed E-state index contributed by atoms with van der Waals surface area (Å²) < 4.78 is 16.1. The monoisotopic (exact) mass is 478 g/mol. The first kappa shape index (κ1) is 24.6. The van der Waals surface area contributed by atoms with Gasteiger partial charge in [-0.15, -0.1) is 0 Å². The summed E-state index contributed by atoms with van der Waals surface area (Å²) in [6.07, 6.45) is 12.4. The number of alkyl halides is 1. The van der Waals surface area contributed by atoms with E-state index >= 15 is 4.39 Å². The summed E-state index contributed by atoms with van der Waals surface area (Å²) in [5.41, 5.74) is 0.850. The van der Waals surface area contributed by atoms with Crippen molar-refractivity contribution in [1.29, 1.82) is 0 Å². The molecule has 4 aliphatic carbocycles. The highest BCUT2D eigenvalue weighted by Gasteiger charge is 2.59. The molecule has 0 aliphatic heterocycles. The zero-order chi connectivity index (χ0) is 24.8. The predicted molar refractivity (Wildman–Crippen MR) is 140 cm³/mol. The van der Waals surface area contributed by atoms with Gasteiger partial charge in [-0.1, -0.05) is 31.2 Å². The first-order valence-corrected chi connectivity index (χ1v) is 13.2. The van der Waals surface area contributed by atoms with Gasteiger partial charge in [-0.25, -0.2) is 4.39 Å². The minimum atomic E-state index is -1.39. The van der Waals surface area contributed by atoms with Crippen molar-refractivity contribution in [3.63, 3.8) is 0 Å². The van der Waals surface area contributed by atoms with Crippen LogP contribution in [-0.4, -0.2) is 46.7 Å². The van der Waals surface area contributed by atoms with Crippen LogP contribution in [0.4, 0.5) is 4.39 Å². The maximum Gasteiger partial charge on any atom is 0.120 e. The second-order valence-corrected chi connectivity index (χ2v) is 11.5. The average Bonchev–Trinajstić information content (AvgIpc) is 3.13. The Morgan fingerprint density at radius 2 is 1.89 bits per heavy atom. The molecule has 5 unspecified atom stereocenters. The Hall–Kier alpha value is -2.08. The van der Waals surface area contributed by atoms with Crippen LogP contribution >= 0.6 is 0 Å². The van der Waals surface area contributed by atoms with E-state index in [0.29, 0.717) is 19.3 Å². The summed E-state index contributed by atoms with van der Waals surface area (Å²) in [5, 5.41) is 27.3. The highest BCUT2D eigenvalue weighted by molar-refractivity contribution is 5.87. The van der Waals surface area contributed by atoms with Crippen LogP contribution in [0.3, 0.4) is 0 Å². The lowest BCUT2D eigenvalue weighted by Gasteiger charge is -2.49. The number of hydrogen-bond donors (Lipinski definition) is 3. The molecule has 4 nitrogen and oxygen atoms in total. The molecule has 35 heavy (non-hydrogen) atoms. The molecule has 5 heteroatoms. The number of aliphatic hydroxyl groups is 2. The number of hydrogen-bond acceptors (Lipinski definition) is 4. The van der Waals surface area contributed by atoms with E-state index in [1.54, 1.807) is 0 Å². The number of nitrogens with zero attached hydrogens (tertiary/aromatic N) is 1. The Bertz CT molecular complexity index is 1160. The van der Waals surface area contributed by atoms with Crippen LogP contribution in [0.15, 0.2) is 54.4 Å². The lowest BCUT2D eigenvalue weighted by Crippen LogP contribution is -2.49. The Labute approximate surface area is 208 Å². The van der Waals surface area contributed by atoms with Crippen LogP contribution in [0.5, 0.6) is 0 Å². The van der Waals surface area contributed by atoms with E-state index in [9.17, 15) is 10.2 Å². The molecule has 0 spiro atoms. The molecule has 1 aromatic carbocycles. The van der Waals surface area contributed by atoms with Gasteiger partial charge < -0.3 is 15.5 Å². The SMILES string of the molecule is CC12CC=C3CC4(F)CC(O)CCC4CC[C@]3(O)C1CC=C2c1ccc2ccncc2c1.CNC. The van der Waals surface area contributed by atoms with Crippen LogP contribution in [0.2, 0.25) is 0 Å². The lowest BCUT2D eigenvalue weighted by atomic mass is 9.58. The fraction of sp³-hybridized carbons (Fsp3) is 0.567. The average molecular weight is 479 g/mol. The first-order valence-electron chi connectivity index (χ1n) is 13.2. The predicted octanol–water partition coefficient (Wildman–Crippen LogP) is 5.59. The maximum atomic E-state index is 16.1. The number of benzene rings is 1. The van der Waals surface area contributed by atoms with Crippen molar-refractivity contribution < 1.29 is 14.6 Å². The highest BCUT2D eigenvalue weighted by Crippen LogP contribution is 2.63. The Kier molecular flexibility index (Phi) is 6.40. The van der Waals surface area contributed by atoms with Gasteiger partial charge >= 0.3 is 0 Å². The number of rotatable bonds is 1. The number of halogens is 1. The van der Waals surface area contributed by atoms with Crippen molar-refractivity contribution in [1.82, 2.24) is 10.3 Å². The molecular weight excluding hydrogens is 439 g/mol. The highest BCUT2D eigenvalue weighted by atomic mass is 19.1. The van der Waals surface area contributed by atoms with Crippen LogP contribution in [0, 0.1) is 17.3 Å². The number of pyridine rings is 1. The van der Waals surface area contributed by atoms with E-state index in [4.69, 9.17) is 0 Å². The van der Waals surface area contributed by atoms with Gasteiger partial charge in [-0.3, -0.25) is 4.98 Å². The van der Waals surface area contributed by atoms with Gasteiger partial charge in [0.2, 0.25) is 0 Å². The van der Waals surface area contributed by atoms with Gasteiger partial charge in [0.05, 0.1) is 11.7 Å². The zero-order valence-corrected chi connectivity index (χ0v) is 21.2. The molecule has 4 aliphatic rings. The minimum Gasteiger partial charge on any atom is -0.393 e. The van der Waals surface area contributed by atoms with Crippen LogP contribution in [0.1, 0.15) is 63.9 Å². The van der Waals surface area contributed by atoms with Gasteiger partial charge in [0.1, 0.15) is 5.67 Å². The van der Waals surface area contributed by atoms with Crippen molar-refractivity contribution in [3.05, 3.63) is 59.9 Å². The second-order valence-electron chi connectivity index (χ2n) is 11.5. The molecule has 188 valence electrons. The molecule has 2 saturated carbocycles. The van der Waals surface area contributed by atoms with Crippen molar-refractivity contribution in [2.24, 2.45) is 17.3 Å². The Balaban J connectivity index is 0.000000806. The maximum absolute atomic E-state index is 16.1. The zero-order valence-electron chi connectivity index (χ0n) is 21.2. The van der Waals surface area contributed by atoms with Gasteiger partial charge in [0.25, 0.3) is 0 Å². The summed E-state index contributed by atoms with van der Waals surface area (Å²) in [6.45, 7) is 2.28. The fourth-order valence-electron chi connectivity index (χ4n) is 7.53. The third kappa shape index (κ3) is 4.06. The normalized spacial score (nSPS) is 38.2. The van der Waals surface area contributed by atoms with E-state index in [0.717, 1.165) is 30.2 Å². The molecule has 6 atom stereocenters. The third-order valence-corrected chi connectivity index (χ3v) is 9.31. The number of aromatic nitrogens is 1. The standard InChI is InChI=1S/C28H32FNO2.C2H7N/c1-26-11-8-22-15-27(29)16-23(31)5-4-21(27)9-12-28(22,32)25(26)7-6-24(26)19-3-2-18-10-13-30-17-20(18)14-19;1-3-2/h2-3,6,8,10,13-14,17,21,23,25,31-32H,4-5,7,9,11-12,15-16H2,1H3;3H,1-2H3/t21?,23?,25?,26?,27?,28-;/m1./s1. The number of fused-ring (bicyclic) bond motifs is 5. The molecule has 6 rings (SSSR count). The van der Waals surface area contributed by atoms with Gasteiger partial charge in [-0.05, 0) is 92.8 Å². The van der Waals surface area contributed by atoms with E-state index in [1.807, 2.05) is 32.6 Å². The smallest absolute Gasteiger partial charge is 0.120 e. The largest absolute Gasteiger partial charge is 0.393 e. The van der Waals surface area contributed by atoms with Crippen LogP contribution in [0.25, 0.3) is 16.3 Å². The fourth-order valence-corrected chi connectivity index (χ4v) is 7.53. The molecule has 0 bridgehead atoms. The van der Waals surface area contributed by atoms with E-state index < -0.39 is 17.4 Å². The number of nitrogens with one attached hydrogen (secondary N) is 1. The third-order valence-electron chi connectivity index (χ3n) is 9.31. The van der Waals surface area contributed by atoms with Crippen molar-refractivity contribution in [3.8, 4) is 0 Å². The van der Waals surface area contributed by atoms with Crippen molar-refractivity contribution in [2.75, 3.05) is 14.1 Å². The van der Waals surface area contributed by atoms with Gasteiger partial charge in [0, 0.05) is 42.0 Å². The Morgan fingerprint density at radius 3 is 2.69 bits per heavy atom. The molecular formula is C30H39FN2O2. The van der Waals surface area contributed by atoms with E-state index in [-0.39, 0.29) is 30.1 Å². The van der Waals surface area contributed by atoms with Crippen molar-refractivity contribution >= 4 is 16.3 Å². The molecule has 2 aromatic rings. The molecule has 3 N–H and O–H groups in total. The molecule has 1 aromatic heterocycles. The van der Waals surface area contributed by atoms with Crippen LogP contribution < -0.4 is 5.32 Å². The topological polar surface area (TPSA) is 65.4 Å². The summed E-state index contributed by atoms with van der Waals surface area (Å²) in [6, 6.07) is 8.58. The summed E-state index contributed by atoms with van der Waals surface area (Å²) in [4.78, 5) is 4.28. The number of allylic oxidation sites excluding steroid dienone is 3. The Morgan fingerprint density at radius 1 is 1.09 bits per heavy atom. The molecule has 0 radical (unpaired) electrons. The molecule has 0 amide bonds. The quantitative estimate of drug-likeness (QED) is 0.467. The summed E-state index contributed by atoms with van der Waals surface area (Å²) in [5.74, 6) is -0.00206. The molecule has 0 saturated heterocycles. The second kappa shape index (κ2) is 9.10. The molecule has 1 heterocycles. The molecule has 2 fully saturated rings. The number of aliphatic hydroxyl groups excluding tert-OH is 1. The van der Waals surface area contributed by atoms with E-state index in [1.165, 1.54) is 16.5 Å². The van der Waals surface area contributed by atoms with E-state index in [2.05, 4.69) is 47.6 Å². The first-order chi connectivity index (χ1) is 16.7. The minimum absolute atomic E-state index is 0.0586. The lowest BCUT2D eigenvalue weighted by molar-refractivity contribution is -0.0359.